The highest BCUT2D eigenvalue weighted by atomic mass is 32.2. The minimum Gasteiger partial charge on any atom is -0.342 e. The molecule has 3 heterocycles. The molecule has 0 saturated carbocycles. The lowest BCUT2D eigenvalue weighted by molar-refractivity contribution is -0.136. The van der Waals surface area contributed by atoms with Gasteiger partial charge in [0.05, 0.1) is 23.6 Å². The van der Waals surface area contributed by atoms with E-state index in [0.29, 0.717) is 11.5 Å². The van der Waals surface area contributed by atoms with Crippen LogP contribution in [-0.4, -0.2) is 26.6 Å². The summed E-state index contributed by atoms with van der Waals surface area (Å²) in [6, 6.07) is 11.5. The molecule has 2 N–H and O–H groups in total. The molecule has 29 heavy (non-hydrogen) atoms. The molecule has 0 fully saturated rings. The van der Waals surface area contributed by atoms with Crippen molar-refractivity contribution < 1.29 is 9.59 Å². The highest BCUT2D eigenvalue weighted by Crippen LogP contribution is 2.36. The minimum atomic E-state index is -0.716. The van der Waals surface area contributed by atoms with Crippen LogP contribution in [0, 0.1) is 13.8 Å². The summed E-state index contributed by atoms with van der Waals surface area (Å²) < 4.78 is 1.74. The average Bonchev–Trinajstić information content (AvgIpc) is 3.29. The number of aromatic nitrogens is 3. The van der Waals surface area contributed by atoms with Gasteiger partial charge in [0.15, 0.2) is 0 Å². The summed E-state index contributed by atoms with van der Waals surface area (Å²) in [4.78, 5) is 29.0. The van der Waals surface area contributed by atoms with Gasteiger partial charge in [-0.3, -0.25) is 14.6 Å². The van der Waals surface area contributed by atoms with E-state index in [9.17, 15) is 9.59 Å². The Morgan fingerprint density at radius 1 is 1.14 bits per heavy atom. The number of anilines is 1. The van der Waals surface area contributed by atoms with E-state index in [-0.39, 0.29) is 6.54 Å². The Balaban J connectivity index is 1.56. The Kier molecular flexibility index (Phi) is 5.35. The predicted molar refractivity (Wildman–Crippen MR) is 113 cm³/mol. The summed E-state index contributed by atoms with van der Waals surface area (Å²) >= 11 is 1.74. The SMILES string of the molecule is Cc1ccc(-n2nc3c(c2NC(=O)C(=O)NCc2ccccn2)CSC3)c(C)c1. The van der Waals surface area contributed by atoms with Gasteiger partial charge >= 0.3 is 11.8 Å². The number of amides is 2. The van der Waals surface area contributed by atoms with Crippen LogP contribution in [0.4, 0.5) is 5.82 Å². The van der Waals surface area contributed by atoms with Gasteiger partial charge < -0.3 is 10.6 Å². The number of carbonyl (C=O) groups is 2. The van der Waals surface area contributed by atoms with E-state index in [0.717, 1.165) is 39.6 Å². The fraction of sp³-hybridized carbons (Fsp3) is 0.238. The minimum absolute atomic E-state index is 0.192. The van der Waals surface area contributed by atoms with E-state index >= 15 is 0 Å². The predicted octanol–water partition coefficient (Wildman–Crippen LogP) is 2.89. The molecule has 1 aliphatic heterocycles. The maximum atomic E-state index is 12.6. The van der Waals surface area contributed by atoms with Gasteiger partial charge in [-0.25, -0.2) is 4.68 Å². The lowest BCUT2D eigenvalue weighted by atomic mass is 10.1. The summed E-state index contributed by atoms with van der Waals surface area (Å²) in [6.07, 6.45) is 1.64. The molecule has 0 aliphatic carbocycles. The molecule has 2 amide bonds. The topological polar surface area (TPSA) is 88.9 Å². The summed E-state index contributed by atoms with van der Waals surface area (Å²) in [6.45, 7) is 4.23. The van der Waals surface area contributed by atoms with E-state index in [4.69, 9.17) is 5.10 Å². The Morgan fingerprint density at radius 3 is 2.76 bits per heavy atom. The van der Waals surface area contributed by atoms with Crippen LogP contribution in [-0.2, 0) is 27.6 Å². The van der Waals surface area contributed by atoms with Gasteiger partial charge in [0.2, 0.25) is 0 Å². The molecule has 1 aliphatic rings. The summed E-state index contributed by atoms with van der Waals surface area (Å²) in [5.41, 5.74) is 5.69. The zero-order valence-electron chi connectivity index (χ0n) is 16.2. The van der Waals surface area contributed by atoms with Gasteiger partial charge in [0.1, 0.15) is 5.82 Å². The Labute approximate surface area is 172 Å². The van der Waals surface area contributed by atoms with Crippen LogP contribution in [0.15, 0.2) is 42.6 Å². The number of thioether (sulfide) groups is 1. The number of aryl methyl sites for hydroxylation is 2. The van der Waals surface area contributed by atoms with E-state index in [1.54, 1.807) is 34.8 Å². The Hall–Kier alpha value is -3.13. The molecule has 4 rings (SSSR count). The average molecular weight is 407 g/mol. The van der Waals surface area contributed by atoms with E-state index in [2.05, 4.69) is 21.7 Å². The zero-order chi connectivity index (χ0) is 20.4. The van der Waals surface area contributed by atoms with Crippen LogP contribution >= 0.6 is 11.8 Å². The van der Waals surface area contributed by atoms with Crippen molar-refractivity contribution in [1.82, 2.24) is 20.1 Å². The highest BCUT2D eigenvalue weighted by molar-refractivity contribution is 7.98. The highest BCUT2D eigenvalue weighted by Gasteiger charge is 2.26. The van der Waals surface area contributed by atoms with Crippen molar-refractivity contribution in [3.63, 3.8) is 0 Å². The van der Waals surface area contributed by atoms with Crippen molar-refractivity contribution in [2.24, 2.45) is 0 Å². The quantitative estimate of drug-likeness (QED) is 0.649. The lowest BCUT2D eigenvalue weighted by Gasteiger charge is -2.13. The standard InChI is InChI=1S/C21H21N5O2S/c1-13-6-7-18(14(2)9-13)26-19(16-11-29-12-17(16)25-26)24-21(28)20(27)23-10-15-5-3-4-8-22-15/h3-9H,10-12H2,1-2H3,(H,23,27)(H,24,28). The van der Waals surface area contributed by atoms with Gasteiger partial charge in [-0.05, 0) is 37.6 Å². The van der Waals surface area contributed by atoms with Crippen molar-refractivity contribution >= 4 is 29.4 Å². The molecular weight excluding hydrogens is 386 g/mol. The van der Waals surface area contributed by atoms with E-state index < -0.39 is 11.8 Å². The van der Waals surface area contributed by atoms with Crippen molar-refractivity contribution in [2.75, 3.05) is 5.32 Å². The Morgan fingerprint density at radius 2 is 2.00 bits per heavy atom. The first kappa shape index (κ1) is 19.2. The van der Waals surface area contributed by atoms with Crippen LogP contribution in [0.5, 0.6) is 0 Å². The molecule has 0 unspecified atom stereocenters. The maximum absolute atomic E-state index is 12.6. The van der Waals surface area contributed by atoms with Gasteiger partial charge in [-0.2, -0.15) is 16.9 Å². The molecular formula is C21H21N5O2S. The lowest BCUT2D eigenvalue weighted by Crippen LogP contribution is -2.35. The number of nitrogens with zero attached hydrogens (tertiary/aromatic N) is 3. The smallest absolute Gasteiger partial charge is 0.314 e. The fourth-order valence-electron chi connectivity index (χ4n) is 3.28. The van der Waals surface area contributed by atoms with E-state index in [1.165, 1.54) is 0 Å². The van der Waals surface area contributed by atoms with Gasteiger partial charge in [-0.15, -0.1) is 0 Å². The molecule has 1 aromatic carbocycles. The zero-order valence-corrected chi connectivity index (χ0v) is 17.0. The van der Waals surface area contributed by atoms with Crippen molar-refractivity contribution in [2.45, 2.75) is 31.9 Å². The van der Waals surface area contributed by atoms with E-state index in [1.807, 2.05) is 32.0 Å². The molecule has 7 nitrogen and oxygen atoms in total. The van der Waals surface area contributed by atoms with Crippen molar-refractivity contribution in [3.05, 3.63) is 70.7 Å². The summed E-state index contributed by atoms with van der Waals surface area (Å²) in [7, 11) is 0. The van der Waals surface area contributed by atoms with Crippen LogP contribution in [0.2, 0.25) is 0 Å². The molecule has 0 saturated heterocycles. The van der Waals surface area contributed by atoms with Crippen LogP contribution in [0.3, 0.4) is 0 Å². The third-order valence-corrected chi connectivity index (χ3v) is 5.70. The fourth-order valence-corrected chi connectivity index (χ4v) is 4.31. The number of nitrogens with one attached hydrogen (secondary N) is 2. The van der Waals surface area contributed by atoms with Crippen LogP contribution in [0.1, 0.15) is 28.1 Å². The first-order chi connectivity index (χ1) is 14.0. The second-order valence-electron chi connectivity index (χ2n) is 6.93. The second kappa shape index (κ2) is 8.08. The number of hydrogen-bond acceptors (Lipinski definition) is 5. The van der Waals surface area contributed by atoms with Crippen LogP contribution in [0.25, 0.3) is 5.69 Å². The summed E-state index contributed by atoms with van der Waals surface area (Å²) in [5, 5.41) is 10.1. The molecule has 0 atom stereocenters. The number of pyridine rings is 1. The number of fused-ring (bicyclic) bond motifs is 1. The van der Waals surface area contributed by atoms with Crippen molar-refractivity contribution in [3.8, 4) is 5.69 Å². The molecule has 148 valence electrons. The summed E-state index contributed by atoms with van der Waals surface area (Å²) in [5.74, 6) is 0.692. The number of rotatable bonds is 4. The van der Waals surface area contributed by atoms with Gasteiger partial charge in [-0.1, -0.05) is 23.8 Å². The van der Waals surface area contributed by atoms with Crippen LogP contribution < -0.4 is 10.6 Å². The van der Waals surface area contributed by atoms with Gasteiger partial charge in [0, 0.05) is 23.3 Å². The first-order valence-corrected chi connectivity index (χ1v) is 10.4. The monoisotopic (exact) mass is 407 g/mol. The molecule has 8 heteroatoms. The maximum Gasteiger partial charge on any atom is 0.314 e. The Bertz CT molecular complexity index is 1080. The normalized spacial score (nSPS) is 12.5. The first-order valence-electron chi connectivity index (χ1n) is 9.28. The number of benzene rings is 1. The van der Waals surface area contributed by atoms with Gasteiger partial charge in [0.25, 0.3) is 0 Å². The number of hydrogen-bond donors (Lipinski definition) is 2. The van der Waals surface area contributed by atoms with Crippen molar-refractivity contribution in [1.29, 1.82) is 0 Å². The third-order valence-electron chi connectivity index (χ3n) is 4.73. The molecule has 3 aromatic rings. The second-order valence-corrected chi connectivity index (χ2v) is 7.91. The molecule has 0 bridgehead atoms. The number of carbonyl (C=O) groups excluding carboxylic acids is 2. The molecule has 0 spiro atoms. The molecule has 0 radical (unpaired) electrons. The third kappa shape index (κ3) is 4.02. The largest absolute Gasteiger partial charge is 0.342 e. The molecule has 2 aromatic heterocycles.